The molecule has 0 fully saturated rings. The predicted octanol–water partition coefficient (Wildman–Crippen LogP) is 6.62. The normalized spacial score (nSPS) is 11.2. The van der Waals surface area contributed by atoms with E-state index in [9.17, 15) is 9.59 Å². The monoisotopic (exact) mass is 487 g/mol. The summed E-state index contributed by atoms with van der Waals surface area (Å²) in [5.74, 6) is 2.92. The molecule has 2 N–H and O–H groups in total. The second-order valence-electron chi connectivity index (χ2n) is 9.51. The van der Waals surface area contributed by atoms with Gasteiger partial charge in [-0.2, -0.15) is 0 Å². The highest BCUT2D eigenvalue weighted by Gasteiger charge is 2.20. The van der Waals surface area contributed by atoms with Gasteiger partial charge in [-0.15, -0.1) is 0 Å². The van der Waals surface area contributed by atoms with Gasteiger partial charge in [0, 0.05) is 29.2 Å². The molecule has 0 saturated heterocycles. The molecular formula is C28H29N3O5. The highest BCUT2D eigenvalue weighted by atomic mass is 16.5. The molecule has 0 saturated carbocycles. The second kappa shape index (κ2) is 10.1. The Hall–Kier alpha value is -4.33. The van der Waals surface area contributed by atoms with E-state index in [0.29, 0.717) is 34.3 Å². The van der Waals surface area contributed by atoms with E-state index in [-0.39, 0.29) is 17.6 Å². The summed E-state index contributed by atoms with van der Waals surface area (Å²) in [6.45, 7) is 7.78. The lowest BCUT2D eigenvalue weighted by molar-refractivity contribution is 0.0991. The Bertz CT molecular complexity index is 1360. The van der Waals surface area contributed by atoms with E-state index in [1.165, 1.54) is 0 Å². The van der Waals surface area contributed by atoms with Crippen molar-refractivity contribution in [3.05, 3.63) is 83.3 Å². The van der Waals surface area contributed by atoms with E-state index in [1.807, 2.05) is 45.0 Å². The SMILES string of the molecule is COc1ccc(-c2cc(C(=O)Cc3ccc(NC(=O)Nc4cc(C(C)(C)C)on4)cc3)c(C)o2)cc1. The van der Waals surface area contributed by atoms with Crippen LogP contribution in [0.2, 0.25) is 0 Å². The number of furan rings is 1. The molecule has 0 atom stereocenters. The van der Waals surface area contributed by atoms with Gasteiger partial charge in [0.25, 0.3) is 0 Å². The smallest absolute Gasteiger partial charge is 0.324 e. The van der Waals surface area contributed by atoms with Crippen molar-refractivity contribution in [3.8, 4) is 17.1 Å². The number of ether oxygens (including phenoxy) is 1. The number of aromatic nitrogens is 1. The lowest BCUT2D eigenvalue weighted by Crippen LogP contribution is -2.19. The van der Waals surface area contributed by atoms with E-state index in [1.54, 1.807) is 50.4 Å². The Balaban J connectivity index is 1.36. The van der Waals surface area contributed by atoms with E-state index in [4.69, 9.17) is 13.7 Å². The molecule has 8 nitrogen and oxygen atoms in total. The van der Waals surface area contributed by atoms with Crippen LogP contribution >= 0.6 is 0 Å². The number of amides is 2. The molecular weight excluding hydrogens is 458 g/mol. The molecule has 0 aliphatic rings. The maximum absolute atomic E-state index is 12.9. The molecule has 2 aromatic heterocycles. The quantitative estimate of drug-likeness (QED) is 0.284. The number of anilines is 2. The number of hydrogen-bond acceptors (Lipinski definition) is 6. The molecule has 2 aromatic carbocycles. The van der Waals surface area contributed by atoms with Crippen LogP contribution in [-0.4, -0.2) is 24.1 Å². The number of carbonyl (C=O) groups excluding carboxylic acids is 2. The summed E-state index contributed by atoms with van der Waals surface area (Å²) in [4.78, 5) is 25.2. The number of nitrogens with one attached hydrogen (secondary N) is 2. The summed E-state index contributed by atoms with van der Waals surface area (Å²) in [5.41, 5.74) is 2.62. The van der Waals surface area contributed by atoms with Crippen molar-refractivity contribution in [1.82, 2.24) is 5.16 Å². The molecule has 2 heterocycles. The topological polar surface area (TPSA) is 107 Å². The minimum atomic E-state index is -0.437. The fraction of sp³-hybridized carbons (Fsp3) is 0.250. The van der Waals surface area contributed by atoms with Gasteiger partial charge in [-0.05, 0) is 55.0 Å². The largest absolute Gasteiger partial charge is 0.497 e. The Morgan fingerprint density at radius 2 is 1.67 bits per heavy atom. The van der Waals surface area contributed by atoms with E-state index < -0.39 is 6.03 Å². The number of benzene rings is 2. The van der Waals surface area contributed by atoms with Crippen molar-refractivity contribution in [2.24, 2.45) is 0 Å². The maximum atomic E-state index is 12.9. The average Bonchev–Trinajstić information content (AvgIpc) is 3.47. The number of aryl methyl sites for hydroxylation is 1. The zero-order chi connectivity index (χ0) is 25.9. The molecule has 0 spiro atoms. The van der Waals surface area contributed by atoms with Gasteiger partial charge in [0.05, 0.1) is 12.7 Å². The first-order valence-electron chi connectivity index (χ1n) is 11.5. The summed E-state index contributed by atoms with van der Waals surface area (Å²) in [6, 6.07) is 17.6. The van der Waals surface area contributed by atoms with Crippen molar-refractivity contribution >= 4 is 23.3 Å². The van der Waals surface area contributed by atoms with Crippen LogP contribution in [-0.2, 0) is 11.8 Å². The highest BCUT2D eigenvalue weighted by molar-refractivity contribution is 6.00. The van der Waals surface area contributed by atoms with Gasteiger partial charge in [0.2, 0.25) is 0 Å². The molecule has 4 rings (SSSR count). The fourth-order valence-corrected chi connectivity index (χ4v) is 3.61. The Labute approximate surface area is 209 Å². The van der Waals surface area contributed by atoms with Gasteiger partial charge < -0.3 is 19.0 Å². The van der Waals surface area contributed by atoms with E-state index >= 15 is 0 Å². The van der Waals surface area contributed by atoms with Gasteiger partial charge >= 0.3 is 6.03 Å². The van der Waals surface area contributed by atoms with Gasteiger partial charge in [-0.25, -0.2) is 4.79 Å². The van der Waals surface area contributed by atoms with Crippen molar-refractivity contribution in [2.75, 3.05) is 17.7 Å². The maximum Gasteiger partial charge on any atom is 0.324 e. The number of urea groups is 1. The van der Waals surface area contributed by atoms with Crippen LogP contribution in [0.4, 0.5) is 16.3 Å². The molecule has 0 aliphatic carbocycles. The first-order valence-corrected chi connectivity index (χ1v) is 11.5. The third kappa shape index (κ3) is 5.83. The van der Waals surface area contributed by atoms with Crippen LogP contribution in [0.5, 0.6) is 5.75 Å². The fourth-order valence-electron chi connectivity index (χ4n) is 3.61. The predicted molar refractivity (Wildman–Crippen MR) is 138 cm³/mol. The zero-order valence-corrected chi connectivity index (χ0v) is 21.0. The first-order chi connectivity index (χ1) is 17.1. The van der Waals surface area contributed by atoms with Gasteiger partial charge in [-0.3, -0.25) is 10.1 Å². The molecule has 8 heteroatoms. The van der Waals surface area contributed by atoms with Gasteiger partial charge in [0.15, 0.2) is 11.6 Å². The summed E-state index contributed by atoms with van der Waals surface area (Å²) in [5, 5.41) is 9.28. The summed E-state index contributed by atoms with van der Waals surface area (Å²) < 4.78 is 16.3. The molecule has 4 aromatic rings. The van der Waals surface area contributed by atoms with Crippen LogP contribution in [0.1, 0.15) is 48.2 Å². The van der Waals surface area contributed by atoms with Gasteiger partial charge in [-0.1, -0.05) is 38.1 Å². The third-order valence-corrected chi connectivity index (χ3v) is 5.66. The first kappa shape index (κ1) is 24.8. The van der Waals surface area contributed by atoms with Crippen LogP contribution < -0.4 is 15.4 Å². The van der Waals surface area contributed by atoms with Crippen molar-refractivity contribution in [2.45, 2.75) is 39.5 Å². The number of methoxy groups -OCH3 is 1. The molecule has 2 amide bonds. The lowest BCUT2D eigenvalue weighted by Gasteiger charge is -2.12. The highest BCUT2D eigenvalue weighted by Crippen LogP contribution is 2.28. The Morgan fingerprint density at radius 3 is 2.28 bits per heavy atom. The summed E-state index contributed by atoms with van der Waals surface area (Å²) >= 11 is 0. The minimum Gasteiger partial charge on any atom is -0.497 e. The summed E-state index contributed by atoms with van der Waals surface area (Å²) in [7, 11) is 1.61. The standard InChI is InChI=1S/C28H29N3O5/c1-17-22(15-24(35-17)19-8-12-21(34-5)13-9-19)23(32)14-18-6-10-20(11-7-18)29-27(33)30-26-16-25(36-31-26)28(2,3)4/h6-13,15-16H,14H2,1-5H3,(H2,29,30,31,33). The van der Waals surface area contributed by atoms with Gasteiger partial charge in [0.1, 0.15) is 23.0 Å². The van der Waals surface area contributed by atoms with Crippen molar-refractivity contribution in [1.29, 1.82) is 0 Å². The third-order valence-electron chi connectivity index (χ3n) is 5.66. The number of carbonyl (C=O) groups is 2. The number of rotatable bonds is 7. The molecule has 0 unspecified atom stereocenters. The number of Topliss-reactive ketones (excluding diaryl/α,β-unsaturated/α-hetero) is 1. The van der Waals surface area contributed by atoms with Crippen LogP contribution in [0.3, 0.4) is 0 Å². The van der Waals surface area contributed by atoms with Crippen LogP contribution in [0, 0.1) is 6.92 Å². The van der Waals surface area contributed by atoms with Crippen molar-refractivity contribution < 1.29 is 23.3 Å². The van der Waals surface area contributed by atoms with E-state index in [0.717, 1.165) is 16.9 Å². The average molecular weight is 488 g/mol. The minimum absolute atomic E-state index is 0.0462. The Kier molecular flexibility index (Phi) is 6.96. The van der Waals surface area contributed by atoms with Crippen LogP contribution in [0.15, 0.2) is 69.6 Å². The molecule has 0 bridgehead atoms. The molecule has 36 heavy (non-hydrogen) atoms. The zero-order valence-electron chi connectivity index (χ0n) is 21.0. The van der Waals surface area contributed by atoms with Crippen molar-refractivity contribution in [3.63, 3.8) is 0 Å². The number of hydrogen-bond donors (Lipinski definition) is 2. The lowest BCUT2D eigenvalue weighted by atomic mass is 9.93. The summed E-state index contributed by atoms with van der Waals surface area (Å²) in [6.07, 6.45) is 0.212. The number of ketones is 1. The van der Waals surface area contributed by atoms with E-state index in [2.05, 4.69) is 15.8 Å². The Morgan fingerprint density at radius 1 is 0.972 bits per heavy atom. The number of nitrogens with zero attached hydrogens (tertiary/aromatic N) is 1. The second-order valence-corrected chi connectivity index (χ2v) is 9.51. The molecule has 0 radical (unpaired) electrons. The van der Waals surface area contributed by atoms with Crippen LogP contribution in [0.25, 0.3) is 11.3 Å². The molecule has 0 aliphatic heterocycles. The molecule has 186 valence electrons.